The maximum absolute atomic E-state index is 5.81. The Morgan fingerprint density at radius 1 is 1.25 bits per heavy atom. The molecule has 0 bridgehead atoms. The lowest BCUT2D eigenvalue weighted by Gasteiger charge is -2.22. The second-order valence-corrected chi connectivity index (χ2v) is 7.20. The molecule has 3 nitrogen and oxygen atoms in total. The van der Waals surface area contributed by atoms with Crippen molar-refractivity contribution in [3.8, 4) is 5.75 Å². The second kappa shape index (κ2) is 4.66. The standard InChI is InChI=1S/C17H26N2O/c1-16(2)14(17(16,3)4)11-18-10-12-6-5-7-13-15(12)20-9-8-19-13/h5-7,14,18-19H,8-11H2,1-4H3. The van der Waals surface area contributed by atoms with Crippen LogP contribution in [0.5, 0.6) is 5.75 Å². The quantitative estimate of drug-likeness (QED) is 0.884. The minimum absolute atomic E-state index is 0.453. The van der Waals surface area contributed by atoms with Gasteiger partial charge >= 0.3 is 0 Å². The summed E-state index contributed by atoms with van der Waals surface area (Å²) >= 11 is 0. The Morgan fingerprint density at radius 2 is 2.00 bits per heavy atom. The SMILES string of the molecule is CC1(C)C(CNCc2cccc3c2OCCN3)C1(C)C. The molecule has 0 saturated heterocycles. The van der Waals surface area contributed by atoms with E-state index in [1.807, 2.05) is 0 Å². The van der Waals surface area contributed by atoms with Gasteiger partial charge < -0.3 is 15.4 Å². The van der Waals surface area contributed by atoms with Crippen LogP contribution in [0.25, 0.3) is 0 Å². The summed E-state index contributed by atoms with van der Waals surface area (Å²) < 4.78 is 5.81. The largest absolute Gasteiger partial charge is 0.489 e. The summed E-state index contributed by atoms with van der Waals surface area (Å²) in [6, 6.07) is 6.34. The summed E-state index contributed by atoms with van der Waals surface area (Å²) in [4.78, 5) is 0. The van der Waals surface area contributed by atoms with Gasteiger partial charge in [-0.05, 0) is 29.4 Å². The molecule has 1 aromatic carbocycles. The van der Waals surface area contributed by atoms with Gasteiger partial charge in [0.05, 0.1) is 5.69 Å². The van der Waals surface area contributed by atoms with Crippen LogP contribution in [0.2, 0.25) is 0 Å². The Hall–Kier alpha value is -1.22. The summed E-state index contributed by atoms with van der Waals surface area (Å²) in [6.45, 7) is 13.1. The molecule has 1 fully saturated rings. The zero-order valence-electron chi connectivity index (χ0n) is 13.0. The highest BCUT2D eigenvalue weighted by Crippen LogP contribution is 2.67. The summed E-state index contributed by atoms with van der Waals surface area (Å²) in [5, 5.41) is 7.01. The molecule has 2 N–H and O–H groups in total. The number of para-hydroxylation sites is 1. The van der Waals surface area contributed by atoms with E-state index >= 15 is 0 Å². The van der Waals surface area contributed by atoms with Crippen LogP contribution < -0.4 is 15.4 Å². The van der Waals surface area contributed by atoms with Crippen molar-refractivity contribution in [2.45, 2.75) is 34.2 Å². The molecular weight excluding hydrogens is 248 g/mol. The molecule has 1 saturated carbocycles. The minimum atomic E-state index is 0.453. The van der Waals surface area contributed by atoms with E-state index < -0.39 is 0 Å². The van der Waals surface area contributed by atoms with Crippen LogP contribution in [-0.4, -0.2) is 19.7 Å². The van der Waals surface area contributed by atoms with Crippen LogP contribution in [0.3, 0.4) is 0 Å². The van der Waals surface area contributed by atoms with E-state index in [1.54, 1.807) is 0 Å². The molecule has 0 radical (unpaired) electrons. The van der Waals surface area contributed by atoms with Gasteiger partial charge in [0.1, 0.15) is 12.4 Å². The fourth-order valence-electron chi connectivity index (χ4n) is 3.57. The lowest BCUT2D eigenvalue weighted by molar-refractivity contribution is 0.318. The van der Waals surface area contributed by atoms with Crippen molar-refractivity contribution in [1.82, 2.24) is 5.32 Å². The monoisotopic (exact) mass is 274 g/mol. The first-order valence-electron chi connectivity index (χ1n) is 7.64. The van der Waals surface area contributed by atoms with E-state index in [0.717, 1.165) is 43.6 Å². The highest BCUT2D eigenvalue weighted by atomic mass is 16.5. The number of fused-ring (bicyclic) bond motifs is 1. The van der Waals surface area contributed by atoms with Crippen LogP contribution in [-0.2, 0) is 6.54 Å². The molecule has 0 spiro atoms. The van der Waals surface area contributed by atoms with Crippen LogP contribution in [0.15, 0.2) is 18.2 Å². The Kier molecular flexibility index (Phi) is 3.20. The smallest absolute Gasteiger partial charge is 0.146 e. The van der Waals surface area contributed by atoms with Gasteiger partial charge in [0.25, 0.3) is 0 Å². The molecule has 1 aliphatic heterocycles. The highest BCUT2D eigenvalue weighted by Gasteiger charge is 2.63. The first kappa shape index (κ1) is 13.7. The fourth-order valence-corrected chi connectivity index (χ4v) is 3.57. The number of benzene rings is 1. The number of rotatable bonds is 4. The van der Waals surface area contributed by atoms with Crippen molar-refractivity contribution in [2.75, 3.05) is 25.0 Å². The minimum Gasteiger partial charge on any atom is -0.489 e. The zero-order valence-corrected chi connectivity index (χ0v) is 13.0. The van der Waals surface area contributed by atoms with Crippen LogP contribution >= 0.6 is 0 Å². The number of hydrogen-bond acceptors (Lipinski definition) is 3. The summed E-state index contributed by atoms with van der Waals surface area (Å²) in [5.74, 6) is 1.79. The Morgan fingerprint density at radius 3 is 2.70 bits per heavy atom. The van der Waals surface area contributed by atoms with Gasteiger partial charge in [0.2, 0.25) is 0 Å². The van der Waals surface area contributed by atoms with Gasteiger partial charge in [-0.15, -0.1) is 0 Å². The van der Waals surface area contributed by atoms with Gasteiger partial charge in [0, 0.05) is 18.7 Å². The van der Waals surface area contributed by atoms with Crippen molar-refractivity contribution >= 4 is 5.69 Å². The summed E-state index contributed by atoms with van der Waals surface area (Å²) in [5.41, 5.74) is 3.29. The predicted molar refractivity (Wildman–Crippen MR) is 83.2 cm³/mol. The third-order valence-corrected chi connectivity index (χ3v) is 5.74. The Labute approximate surface area is 122 Å². The predicted octanol–water partition coefficient (Wildman–Crippen LogP) is 3.26. The van der Waals surface area contributed by atoms with Crippen LogP contribution in [0.1, 0.15) is 33.3 Å². The molecule has 110 valence electrons. The second-order valence-electron chi connectivity index (χ2n) is 7.20. The van der Waals surface area contributed by atoms with E-state index in [2.05, 4.69) is 56.5 Å². The first-order chi connectivity index (χ1) is 9.44. The number of nitrogens with one attached hydrogen (secondary N) is 2. The van der Waals surface area contributed by atoms with Crippen molar-refractivity contribution in [3.05, 3.63) is 23.8 Å². The van der Waals surface area contributed by atoms with Crippen molar-refractivity contribution in [1.29, 1.82) is 0 Å². The molecule has 1 aromatic rings. The van der Waals surface area contributed by atoms with E-state index in [4.69, 9.17) is 4.74 Å². The van der Waals surface area contributed by atoms with Crippen LogP contribution in [0, 0.1) is 16.7 Å². The van der Waals surface area contributed by atoms with Crippen molar-refractivity contribution in [3.63, 3.8) is 0 Å². The van der Waals surface area contributed by atoms with Gasteiger partial charge in [-0.25, -0.2) is 0 Å². The van der Waals surface area contributed by atoms with Gasteiger partial charge in [-0.3, -0.25) is 0 Å². The topological polar surface area (TPSA) is 33.3 Å². The first-order valence-corrected chi connectivity index (χ1v) is 7.64. The van der Waals surface area contributed by atoms with Crippen molar-refractivity contribution in [2.24, 2.45) is 16.7 Å². The number of anilines is 1. The maximum atomic E-state index is 5.81. The molecule has 3 heteroatoms. The molecule has 0 unspecified atom stereocenters. The molecule has 0 amide bonds. The molecule has 0 atom stereocenters. The Balaban J connectivity index is 1.60. The molecule has 20 heavy (non-hydrogen) atoms. The highest BCUT2D eigenvalue weighted by molar-refractivity contribution is 5.61. The number of hydrogen-bond donors (Lipinski definition) is 2. The summed E-state index contributed by atoms with van der Waals surface area (Å²) in [7, 11) is 0. The zero-order chi connectivity index (χ0) is 14.4. The van der Waals surface area contributed by atoms with E-state index in [-0.39, 0.29) is 0 Å². The Bertz CT molecular complexity index is 494. The molecule has 2 aliphatic rings. The van der Waals surface area contributed by atoms with E-state index in [0.29, 0.717) is 10.8 Å². The molecular formula is C17H26N2O. The molecule has 1 aliphatic carbocycles. The molecule has 3 rings (SSSR count). The van der Waals surface area contributed by atoms with Crippen molar-refractivity contribution < 1.29 is 4.74 Å². The lowest BCUT2D eigenvalue weighted by atomic mass is 10.0. The lowest BCUT2D eigenvalue weighted by Crippen LogP contribution is -2.22. The van der Waals surface area contributed by atoms with Gasteiger partial charge in [0.15, 0.2) is 0 Å². The van der Waals surface area contributed by atoms with E-state index in [1.165, 1.54) is 5.56 Å². The number of ether oxygens (including phenoxy) is 1. The third kappa shape index (κ3) is 2.08. The van der Waals surface area contributed by atoms with Gasteiger partial charge in [-0.2, -0.15) is 0 Å². The van der Waals surface area contributed by atoms with Crippen LogP contribution in [0.4, 0.5) is 5.69 Å². The molecule has 0 aromatic heterocycles. The summed E-state index contributed by atoms with van der Waals surface area (Å²) in [6.07, 6.45) is 0. The van der Waals surface area contributed by atoms with Gasteiger partial charge in [-0.1, -0.05) is 39.8 Å². The maximum Gasteiger partial charge on any atom is 0.146 e. The molecule has 1 heterocycles. The average Bonchev–Trinajstić information content (AvgIpc) is 2.81. The fraction of sp³-hybridized carbons (Fsp3) is 0.647. The third-order valence-electron chi connectivity index (χ3n) is 5.74. The normalized spacial score (nSPS) is 22.6. The average molecular weight is 274 g/mol. The van der Waals surface area contributed by atoms with E-state index in [9.17, 15) is 0 Å².